The molecule has 0 radical (unpaired) electrons. The molecule has 1 aromatic rings. The SMILES string of the molecule is COCCOc1ccc(C)cc1C#CCCCl. The molecule has 2 nitrogen and oxygen atoms in total. The molecule has 1 aromatic carbocycles. The van der Waals surface area contributed by atoms with Crippen LogP contribution in [-0.2, 0) is 4.74 Å². The van der Waals surface area contributed by atoms with E-state index >= 15 is 0 Å². The molecule has 0 spiro atoms. The van der Waals surface area contributed by atoms with Crippen molar-refractivity contribution < 1.29 is 9.47 Å². The molecule has 92 valence electrons. The molecule has 3 heteroatoms. The van der Waals surface area contributed by atoms with Gasteiger partial charge in [-0.05, 0) is 24.6 Å². The highest BCUT2D eigenvalue weighted by Gasteiger charge is 2.01. The second-order valence-corrected chi connectivity index (χ2v) is 3.96. The lowest BCUT2D eigenvalue weighted by Gasteiger charge is -2.08. The summed E-state index contributed by atoms with van der Waals surface area (Å²) >= 11 is 5.59. The highest BCUT2D eigenvalue weighted by molar-refractivity contribution is 6.18. The Hall–Kier alpha value is -1.17. The lowest BCUT2D eigenvalue weighted by atomic mass is 10.1. The number of halogens is 1. The summed E-state index contributed by atoms with van der Waals surface area (Å²) in [6.07, 6.45) is 0.688. The van der Waals surface area contributed by atoms with E-state index < -0.39 is 0 Å². The summed E-state index contributed by atoms with van der Waals surface area (Å²) in [5, 5.41) is 0. The number of rotatable bonds is 5. The van der Waals surface area contributed by atoms with E-state index in [2.05, 4.69) is 11.8 Å². The van der Waals surface area contributed by atoms with Gasteiger partial charge < -0.3 is 9.47 Å². The lowest BCUT2D eigenvalue weighted by molar-refractivity contribution is 0.146. The van der Waals surface area contributed by atoms with Gasteiger partial charge in [0.15, 0.2) is 0 Å². The maximum absolute atomic E-state index is 5.60. The minimum atomic E-state index is 0.531. The van der Waals surface area contributed by atoms with Crippen LogP contribution >= 0.6 is 11.6 Å². The smallest absolute Gasteiger partial charge is 0.135 e. The fourth-order valence-corrected chi connectivity index (χ4v) is 1.40. The summed E-state index contributed by atoms with van der Waals surface area (Å²) in [6.45, 7) is 3.14. The Kier molecular flexibility index (Phi) is 6.54. The standard InChI is InChI=1S/C14H17ClO2/c1-12-6-7-14(17-10-9-16-2)13(11-12)5-3-4-8-15/h6-7,11H,4,8-10H2,1-2H3. The van der Waals surface area contributed by atoms with Gasteiger partial charge in [-0.1, -0.05) is 17.9 Å². The molecule has 0 atom stereocenters. The van der Waals surface area contributed by atoms with Crippen molar-refractivity contribution in [2.75, 3.05) is 26.2 Å². The van der Waals surface area contributed by atoms with E-state index in [4.69, 9.17) is 21.1 Å². The van der Waals surface area contributed by atoms with Crippen LogP contribution in [0.2, 0.25) is 0 Å². The van der Waals surface area contributed by atoms with Gasteiger partial charge in [-0.15, -0.1) is 11.6 Å². The number of hydrogen-bond acceptors (Lipinski definition) is 2. The van der Waals surface area contributed by atoms with E-state index in [1.807, 2.05) is 25.1 Å². The Balaban J connectivity index is 2.77. The molecule has 0 aliphatic heterocycles. The molecule has 0 aliphatic rings. The third-order valence-corrected chi connectivity index (χ3v) is 2.31. The molecule has 1 rings (SSSR count). The van der Waals surface area contributed by atoms with Gasteiger partial charge in [0.2, 0.25) is 0 Å². The van der Waals surface area contributed by atoms with Gasteiger partial charge in [0.25, 0.3) is 0 Å². The molecule has 0 fully saturated rings. The maximum Gasteiger partial charge on any atom is 0.135 e. The zero-order valence-electron chi connectivity index (χ0n) is 10.3. The van der Waals surface area contributed by atoms with E-state index in [0.29, 0.717) is 25.5 Å². The number of benzene rings is 1. The van der Waals surface area contributed by atoms with Gasteiger partial charge in [-0.3, -0.25) is 0 Å². The van der Waals surface area contributed by atoms with Crippen LogP contribution in [0.15, 0.2) is 18.2 Å². The third kappa shape index (κ3) is 5.12. The normalized spacial score (nSPS) is 9.59. The molecular formula is C14H17ClO2. The fourth-order valence-electron chi connectivity index (χ4n) is 1.31. The third-order valence-electron chi connectivity index (χ3n) is 2.12. The van der Waals surface area contributed by atoms with Crippen LogP contribution in [0.5, 0.6) is 5.75 Å². The molecule has 0 saturated carbocycles. The van der Waals surface area contributed by atoms with Crippen molar-refractivity contribution >= 4 is 11.6 Å². The van der Waals surface area contributed by atoms with Crippen molar-refractivity contribution in [3.63, 3.8) is 0 Å². The minimum absolute atomic E-state index is 0.531. The summed E-state index contributed by atoms with van der Waals surface area (Å²) in [5.41, 5.74) is 2.07. The summed E-state index contributed by atoms with van der Waals surface area (Å²) in [4.78, 5) is 0. The Morgan fingerprint density at radius 3 is 2.82 bits per heavy atom. The number of methoxy groups -OCH3 is 1. The topological polar surface area (TPSA) is 18.5 Å². The fraction of sp³-hybridized carbons (Fsp3) is 0.429. The first-order valence-corrected chi connectivity index (χ1v) is 6.08. The predicted octanol–water partition coefficient (Wildman–Crippen LogP) is 3.00. The first-order valence-electron chi connectivity index (χ1n) is 5.55. The second-order valence-electron chi connectivity index (χ2n) is 3.58. The Bertz CT molecular complexity index is 404. The minimum Gasteiger partial charge on any atom is -0.490 e. The summed E-state index contributed by atoms with van der Waals surface area (Å²) in [7, 11) is 1.65. The van der Waals surface area contributed by atoms with E-state index in [-0.39, 0.29) is 0 Å². The molecule has 0 heterocycles. The van der Waals surface area contributed by atoms with Crippen molar-refractivity contribution in [2.24, 2.45) is 0 Å². The quantitative estimate of drug-likeness (QED) is 0.456. The molecule has 0 bridgehead atoms. The monoisotopic (exact) mass is 252 g/mol. The average Bonchev–Trinajstić information content (AvgIpc) is 2.32. The molecule has 0 saturated heterocycles. The van der Waals surface area contributed by atoms with E-state index in [9.17, 15) is 0 Å². The molecule has 0 N–H and O–H groups in total. The van der Waals surface area contributed by atoms with Crippen molar-refractivity contribution in [3.8, 4) is 17.6 Å². The second kappa shape index (κ2) is 8.00. The van der Waals surface area contributed by atoms with Crippen molar-refractivity contribution in [1.29, 1.82) is 0 Å². The average molecular weight is 253 g/mol. The van der Waals surface area contributed by atoms with Gasteiger partial charge in [0, 0.05) is 19.4 Å². The largest absolute Gasteiger partial charge is 0.490 e. The molecule has 0 amide bonds. The molecule has 0 aromatic heterocycles. The van der Waals surface area contributed by atoms with Crippen LogP contribution in [0.4, 0.5) is 0 Å². The molecular weight excluding hydrogens is 236 g/mol. The Morgan fingerprint density at radius 1 is 1.29 bits per heavy atom. The zero-order valence-corrected chi connectivity index (χ0v) is 11.0. The van der Waals surface area contributed by atoms with Gasteiger partial charge in [-0.25, -0.2) is 0 Å². The van der Waals surface area contributed by atoms with Crippen LogP contribution in [0.3, 0.4) is 0 Å². The predicted molar refractivity (Wildman–Crippen MR) is 70.8 cm³/mol. The number of aryl methyl sites for hydroxylation is 1. The van der Waals surface area contributed by atoms with Crippen molar-refractivity contribution in [3.05, 3.63) is 29.3 Å². The van der Waals surface area contributed by atoms with E-state index in [1.54, 1.807) is 7.11 Å². The lowest BCUT2D eigenvalue weighted by Crippen LogP contribution is -2.05. The summed E-state index contributed by atoms with van der Waals surface area (Å²) < 4.78 is 10.5. The van der Waals surface area contributed by atoms with Gasteiger partial charge in [-0.2, -0.15) is 0 Å². The highest BCUT2D eigenvalue weighted by Crippen LogP contribution is 2.19. The van der Waals surface area contributed by atoms with Crippen LogP contribution in [0.25, 0.3) is 0 Å². The highest BCUT2D eigenvalue weighted by atomic mass is 35.5. The van der Waals surface area contributed by atoms with E-state index in [0.717, 1.165) is 11.3 Å². The summed E-state index contributed by atoms with van der Waals surface area (Å²) in [6, 6.07) is 5.97. The van der Waals surface area contributed by atoms with Gasteiger partial charge in [0.05, 0.1) is 12.2 Å². The number of alkyl halides is 1. The first kappa shape index (κ1) is 13.9. The Morgan fingerprint density at radius 2 is 2.12 bits per heavy atom. The van der Waals surface area contributed by atoms with Crippen LogP contribution < -0.4 is 4.74 Å². The van der Waals surface area contributed by atoms with Crippen molar-refractivity contribution in [2.45, 2.75) is 13.3 Å². The first-order chi connectivity index (χ1) is 8.27. The van der Waals surface area contributed by atoms with Gasteiger partial charge in [0.1, 0.15) is 12.4 Å². The van der Waals surface area contributed by atoms with Crippen LogP contribution in [-0.4, -0.2) is 26.2 Å². The Labute approximate surface area is 108 Å². The molecule has 0 aliphatic carbocycles. The van der Waals surface area contributed by atoms with Crippen LogP contribution in [0.1, 0.15) is 17.5 Å². The van der Waals surface area contributed by atoms with Gasteiger partial charge >= 0.3 is 0 Å². The molecule has 17 heavy (non-hydrogen) atoms. The molecule has 0 unspecified atom stereocenters. The maximum atomic E-state index is 5.60. The number of hydrogen-bond donors (Lipinski definition) is 0. The van der Waals surface area contributed by atoms with Crippen molar-refractivity contribution in [1.82, 2.24) is 0 Å². The summed E-state index contributed by atoms with van der Waals surface area (Å²) in [5.74, 6) is 7.45. The zero-order chi connectivity index (χ0) is 12.5. The number of ether oxygens (including phenoxy) is 2. The van der Waals surface area contributed by atoms with Crippen LogP contribution in [0, 0.1) is 18.8 Å². The van der Waals surface area contributed by atoms with E-state index in [1.165, 1.54) is 5.56 Å².